The van der Waals surface area contributed by atoms with Crippen LogP contribution in [0.4, 0.5) is 0 Å². The number of rotatable bonds is 5. The Bertz CT molecular complexity index is 307. The average Bonchev–Trinajstić information content (AvgIpc) is 2.14. The lowest BCUT2D eigenvalue weighted by Crippen LogP contribution is -2.47. The van der Waals surface area contributed by atoms with Crippen molar-refractivity contribution in [2.45, 2.75) is 25.6 Å². The maximum atomic E-state index is 11.0. The van der Waals surface area contributed by atoms with E-state index in [1.54, 1.807) is 0 Å². The summed E-state index contributed by atoms with van der Waals surface area (Å²) in [5.74, 6) is 0.747. The minimum Gasteiger partial charge on any atom is -0.371 e. The molecule has 0 bridgehead atoms. The van der Waals surface area contributed by atoms with Crippen LogP contribution in [0.3, 0.4) is 0 Å². The highest BCUT2D eigenvalue weighted by Crippen LogP contribution is 2.12. The molecule has 0 aromatic carbocycles. The monoisotopic (exact) mass is 269 g/mol. The molecule has 2 unspecified atom stereocenters. The Kier molecular flexibility index (Phi) is 5.50. The molecule has 0 aliphatic carbocycles. The predicted molar refractivity (Wildman–Crippen MR) is 65.8 cm³/mol. The van der Waals surface area contributed by atoms with Gasteiger partial charge in [0.2, 0.25) is 0 Å². The fraction of sp³-hybridized carbons (Fsp3) is 1.00. The number of nitrogens with zero attached hydrogens (tertiary/aromatic N) is 1. The van der Waals surface area contributed by atoms with Crippen molar-refractivity contribution in [3.63, 3.8) is 0 Å². The van der Waals surface area contributed by atoms with Gasteiger partial charge in [-0.05, 0) is 19.9 Å². The molecule has 0 saturated carbocycles. The summed E-state index contributed by atoms with van der Waals surface area (Å²) in [4.78, 5) is 2.23. The normalized spacial score (nSPS) is 28.2. The van der Waals surface area contributed by atoms with E-state index in [1.165, 1.54) is 6.26 Å². The Morgan fingerprint density at radius 3 is 2.69 bits per heavy atom. The molecule has 1 fully saturated rings. The summed E-state index contributed by atoms with van der Waals surface area (Å²) in [5.41, 5.74) is 0. The van der Waals surface area contributed by atoms with Crippen LogP contribution in [0.1, 0.15) is 13.3 Å². The summed E-state index contributed by atoms with van der Waals surface area (Å²) in [6, 6.07) is 0. The molecule has 0 N–H and O–H groups in total. The lowest BCUT2D eigenvalue weighted by molar-refractivity contribution is -0.0661. The fourth-order valence-electron chi connectivity index (χ4n) is 1.96. The summed E-state index contributed by atoms with van der Waals surface area (Å²) in [6.45, 7) is 4.48. The van der Waals surface area contributed by atoms with E-state index >= 15 is 0 Å². The molecule has 0 spiro atoms. The summed E-state index contributed by atoms with van der Waals surface area (Å²) in [5, 5.41) is 0. The van der Waals surface area contributed by atoms with Crippen LogP contribution in [-0.4, -0.2) is 63.0 Å². The Morgan fingerprint density at radius 2 is 2.12 bits per heavy atom. The highest BCUT2D eigenvalue weighted by atomic mass is 35.5. The molecule has 96 valence electrons. The molecule has 16 heavy (non-hydrogen) atoms. The van der Waals surface area contributed by atoms with Crippen LogP contribution in [0.2, 0.25) is 0 Å². The largest absolute Gasteiger partial charge is 0.371 e. The van der Waals surface area contributed by atoms with E-state index in [0.717, 1.165) is 19.6 Å². The minimum atomic E-state index is -2.84. The fourth-order valence-corrected chi connectivity index (χ4v) is 2.78. The smallest absolute Gasteiger partial charge is 0.147 e. The van der Waals surface area contributed by atoms with Gasteiger partial charge in [-0.2, -0.15) is 0 Å². The van der Waals surface area contributed by atoms with E-state index in [4.69, 9.17) is 16.3 Å². The zero-order valence-corrected chi connectivity index (χ0v) is 11.4. The number of morpholine rings is 1. The first kappa shape index (κ1) is 14.2. The second-order valence-corrected chi connectivity index (χ2v) is 7.03. The van der Waals surface area contributed by atoms with Gasteiger partial charge in [0.15, 0.2) is 0 Å². The molecule has 1 rings (SSSR count). The number of sulfone groups is 1. The van der Waals surface area contributed by atoms with Gasteiger partial charge >= 0.3 is 0 Å². The van der Waals surface area contributed by atoms with E-state index in [9.17, 15) is 8.42 Å². The summed E-state index contributed by atoms with van der Waals surface area (Å²) in [7, 11) is -2.84. The molecular weight excluding hydrogens is 250 g/mol. The molecule has 0 aromatic heterocycles. The van der Waals surface area contributed by atoms with Crippen LogP contribution in [-0.2, 0) is 14.6 Å². The quantitative estimate of drug-likeness (QED) is 0.691. The SMILES string of the molecule is CC1CN(CCCS(C)(=O)=O)CC(CCl)O1. The first-order valence-electron chi connectivity index (χ1n) is 5.52. The molecule has 4 nitrogen and oxygen atoms in total. The van der Waals surface area contributed by atoms with E-state index in [2.05, 4.69) is 4.90 Å². The predicted octanol–water partition coefficient (Wildman–Crippen LogP) is 0.749. The molecular formula is C10H20ClNO3S. The zero-order chi connectivity index (χ0) is 12.2. The second-order valence-electron chi connectivity index (χ2n) is 4.47. The number of hydrogen-bond donors (Lipinski definition) is 0. The Labute approximate surface area is 103 Å². The third kappa shape index (κ3) is 5.48. The molecule has 0 amide bonds. The second kappa shape index (κ2) is 6.19. The summed E-state index contributed by atoms with van der Waals surface area (Å²) < 4.78 is 27.6. The van der Waals surface area contributed by atoms with Crippen molar-refractivity contribution >= 4 is 21.4 Å². The third-order valence-corrected chi connectivity index (χ3v) is 3.94. The van der Waals surface area contributed by atoms with Crippen molar-refractivity contribution in [1.29, 1.82) is 0 Å². The van der Waals surface area contributed by atoms with Gasteiger partial charge in [0, 0.05) is 25.2 Å². The lowest BCUT2D eigenvalue weighted by Gasteiger charge is -2.36. The van der Waals surface area contributed by atoms with Crippen LogP contribution in [0, 0.1) is 0 Å². The molecule has 1 aliphatic rings. The van der Waals surface area contributed by atoms with Crippen LogP contribution >= 0.6 is 11.6 Å². The van der Waals surface area contributed by atoms with Crippen molar-refractivity contribution in [2.24, 2.45) is 0 Å². The molecule has 1 aliphatic heterocycles. The van der Waals surface area contributed by atoms with Crippen LogP contribution in [0.15, 0.2) is 0 Å². The standard InChI is InChI=1S/C10H20ClNO3S/c1-9-7-12(8-10(6-11)15-9)4-3-5-16(2,13)14/h9-10H,3-8H2,1-2H3. The van der Waals surface area contributed by atoms with Crippen LogP contribution in [0.25, 0.3) is 0 Å². The highest BCUT2D eigenvalue weighted by Gasteiger charge is 2.24. The lowest BCUT2D eigenvalue weighted by atomic mass is 10.2. The topological polar surface area (TPSA) is 46.6 Å². The third-order valence-electron chi connectivity index (χ3n) is 2.56. The molecule has 1 heterocycles. The Balaban J connectivity index is 2.31. The Morgan fingerprint density at radius 1 is 1.44 bits per heavy atom. The maximum Gasteiger partial charge on any atom is 0.147 e. The molecule has 0 aromatic rings. The average molecular weight is 270 g/mol. The van der Waals surface area contributed by atoms with Gasteiger partial charge in [-0.15, -0.1) is 11.6 Å². The van der Waals surface area contributed by atoms with Crippen LogP contribution < -0.4 is 0 Å². The van der Waals surface area contributed by atoms with Crippen molar-refractivity contribution < 1.29 is 13.2 Å². The number of alkyl halides is 1. The first-order valence-corrected chi connectivity index (χ1v) is 8.11. The van der Waals surface area contributed by atoms with Crippen LogP contribution in [0.5, 0.6) is 0 Å². The van der Waals surface area contributed by atoms with Gasteiger partial charge in [-0.1, -0.05) is 0 Å². The van der Waals surface area contributed by atoms with Crippen molar-refractivity contribution in [2.75, 3.05) is 37.5 Å². The van der Waals surface area contributed by atoms with E-state index in [1.807, 2.05) is 6.92 Å². The van der Waals surface area contributed by atoms with E-state index < -0.39 is 9.84 Å². The zero-order valence-electron chi connectivity index (χ0n) is 9.86. The van der Waals surface area contributed by atoms with Crippen molar-refractivity contribution in [1.82, 2.24) is 4.90 Å². The summed E-state index contributed by atoms with van der Waals surface area (Å²) in [6.07, 6.45) is 2.20. The van der Waals surface area contributed by atoms with Gasteiger partial charge in [0.25, 0.3) is 0 Å². The van der Waals surface area contributed by atoms with Gasteiger partial charge in [-0.3, -0.25) is 4.90 Å². The van der Waals surface area contributed by atoms with Gasteiger partial charge in [0.05, 0.1) is 18.0 Å². The van der Waals surface area contributed by atoms with Gasteiger partial charge in [0.1, 0.15) is 9.84 Å². The molecule has 2 atom stereocenters. The minimum absolute atomic E-state index is 0.0728. The highest BCUT2D eigenvalue weighted by molar-refractivity contribution is 7.90. The maximum absolute atomic E-state index is 11.0. The van der Waals surface area contributed by atoms with Gasteiger partial charge < -0.3 is 4.74 Å². The molecule has 0 radical (unpaired) electrons. The van der Waals surface area contributed by atoms with E-state index in [-0.39, 0.29) is 18.0 Å². The van der Waals surface area contributed by atoms with Gasteiger partial charge in [-0.25, -0.2) is 8.42 Å². The summed E-state index contributed by atoms with van der Waals surface area (Å²) >= 11 is 5.77. The molecule has 1 saturated heterocycles. The van der Waals surface area contributed by atoms with Crippen molar-refractivity contribution in [3.05, 3.63) is 0 Å². The Hall–Kier alpha value is 0.160. The number of ether oxygens (including phenoxy) is 1. The van der Waals surface area contributed by atoms with E-state index in [0.29, 0.717) is 12.3 Å². The van der Waals surface area contributed by atoms with Crippen molar-refractivity contribution in [3.8, 4) is 0 Å². The molecule has 6 heteroatoms. The number of hydrogen-bond acceptors (Lipinski definition) is 4. The first-order chi connectivity index (χ1) is 7.40. The number of halogens is 1.